The minimum absolute atomic E-state index is 0.347. The van der Waals surface area contributed by atoms with Gasteiger partial charge in [0.1, 0.15) is 0 Å². The van der Waals surface area contributed by atoms with Gasteiger partial charge in [0.15, 0.2) is 0 Å². The third-order valence-corrected chi connectivity index (χ3v) is 4.99. The van der Waals surface area contributed by atoms with Crippen LogP contribution in [0.4, 0.5) is 0 Å². The smallest absolute Gasteiger partial charge is 0.224 e. The van der Waals surface area contributed by atoms with Gasteiger partial charge in [0.2, 0.25) is 5.91 Å². The van der Waals surface area contributed by atoms with Crippen LogP contribution in [0.15, 0.2) is 0 Å². The summed E-state index contributed by atoms with van der Waals surface area (Å²) in [7, 11) is 0. The van der Waals surface area contributed by atoms with Crippen molar-refractivity contribution in [2.24, 2.45) is 5.92 Å². The topological polar surface area (TPSA) is 32.3 Å². The summed E-state index contributed by atoms with van der Waals surface area (Å²) in [5, 5.41) is 3.44. The Balaban J connectivity index is 1.74. The van der Waals surface area contributed by atoms with Gasteiger partial charge in [0.05, 0.1) is 0 Å². The number of thioether (sulfide) groups is 1. The van der Waals surface area contributed by atoms with E-state index in [1.165, 1.54) is 25.0 Å². The van der Waals surface area contributed by atoms with Crippen LogP contribution < -0.4 is 5.32 Å². The molecule has 0 aromatic heterocycles. The second-order valence-corrected chi connectivity index (χ2v) is 6.31. The second-order valence-electron chi connectivity index (χ2n) is 5.16. The Labute approximate surface area is 109 Å². The first-order valence-electron chi connectivity index (χ1n) is 6.88. The van der Waals surface area contributed by atoms with Crippen LogP contribution >= 0.6 is 11.8 Å². The summed E-state index contributed by atoms with van der Waals surface area (Å²) in [5.74, 6) is 3.41. The molecule has 98 valence electrons. The standard InChI is InChI=1S/C13H24N2OS/c1-2-15(9-11-4-3-5-11)13(16)8-12-10-17-7-6-14-12/h11-12,14H,2-10H2,1H3. The van der Waals surface area contributed by atoms with Crippen LogP contribution in [0.25, 0.3) is 0 Å². The monoisotopic (exact) mass is 256 g/mol. The van der Waals surface area contributed by atoms with Crippen LogP contribution in [0.5, 0.6) is 0 Å². The largest absolute Gasteiger partial charge is 0.343 e. The van der Waals surface area contributed by atoms with Crippen molar-refractivity contribution in [2.75, 3.05) is 31.1 Å². The first-order chi connectivity index (χ1) is 8.29. The van der Waals surface area contributed by atoms with Crippen molar-refractivity contribution in [3.63, 3.8) is 0 Å². The Kier molecular flexibility index (Phi) is 5.16. The zero-order valence-corrected chi connectivity index (χ0v) is 11.6. The first kappa shape index (κ1) is 13.2. The summed E-state index contributed by atoms with van der Waals surface area (Å²) in [4.78, 5) is 14.3. The maximum absolute atomic E-state index is 12.2. The molecule has 1 atom stereocenters. The Morgan fingerprint density at radius 3 is 2.82 bits per heavy atom. The van der Waals surface area contributed by atoms with Crippen LogP contribution in [0, 0.1) is 5.92 Å². The Morgan fingerprint density at radius 1 is 1.47 bits per heavy atom. The van der Waals surface area contributed by atoms with E-state index in [2.05, 4.69) is 17.1 Å². The van der Waals surface area contributed by atoms with Crippen molar-refractivity contribution in [2.45, 2.75) is 38.6 Å². The van der Waals surface area contributed by atoms with Gasteiger partial charge in [-0.3, -0.25) is 4.79 Å². The summed E-state index contributed by atoms with van der Waals surface area (Å²) in [6.07, 6.45) is 4.69. The Hall–Kier alpha value is -0.220. The molecular formula is C13H24N2OS. The fraction of sp³-hybridized carbons (Fsp3) is 0.923. The van der Waals surface area contributed by atoms with E-state index >= 15 is 0 Å². The molecular weight excluding hydrogens is 232 g/mol. The quantitative estimate of drug-likeness (QED) is 0.813. The van der Waals surface area contributed by atoms with E-state index in [1.54, 1.807) is 0 Å². The zero-order valence-electron chi connectivity index (χ0n) is 10.8. The summed E-state index contributed by atoms with van der Waals surface area (Å²) in [6, 6.07) is 0.400. The van der Waals surface area contributed by atoms with Gasteiger partial charge in [-0.05, 0) is 25.7 Å². The maximum atomic E-state index is 12.2. The number of carbonyl (C=O) groups excluding carboxylic acids is 1. The number of rotatable bonds is 5. The van der Waals surface area contributed by atoms with Gasteiger partial charge in [-0.2, -0.15) is 11.8 Å². The molecule has 1 amide bonds. The molecule has 2 fully saturated rings. The minimum atomic E-state index is 0.347. The van der Waals surface area contributed by atoms with Gasteiger partial charge >= 0.3 is 0 Å². The molecule has 0 radical (unpaired) electrons. The third kappa shape index (κ3) is 3.88. The van der Waals surface area contributed by atoms with E-state index in [0.717, 1.165) is 31.3 Å². The molecule has 1 saturated carbocycles. The number of carbonyl (C=O) groups is 1. The number of nitrogens with zero attached hydrogens (tertiary/aromatic N) is 1. The minimum Gasteiger partial charge on any atom is -0.343 e. The lowest BCUT2D eigenvalue weighted by Gasteiger charge is -2.33. The molecule has 2 rings (SSSR count). The van der Waals surface area contributed by atoms with Gasteiger partial charge in [-0.1, -0.05) is 6.42 Å². The normalized spacial score (nSPS) is 25.4. The van der Waals surface area contributed by atoms with Gasteiger partial charge in [-0.25, -0.2) is 0 Å². The molecule has 1 N–H and O–H groups in total. The van der Waals surface area contributed by atoms with E-state index in [1.807, 2.05) is 11.8 Å². The number of nitrogens with one attached hydrogen (secondary N) is 1. The summed E-state index contributed by atoms with van der Waals surface area (Å²) in [6.45, 7) is 5.02. The molecule has 2 aliphatic rings. The summed E-state index contributed by atoms with van der Waals surface area (Å²) < 4.78 is 0. The first-order valence-corrected chi connectivity index (χ1v) is 8.04. The molecule has 0 aromatic rings. The highest BCUT2D eigenvalue weighted by molar-refractivity contribution is 7.99. The van der Waals surface area contributed by atoms with Crippen LogP contribution in [0.1, 0.15) is 32.6 Å². The number of hydrogen-bond acceptors (Lipinski definition) is 3. The zero-order chi connectivity index (χ0) is 12.1. The Morgan fingerprint density at radius 2 is 2.29 bits per heavy atom. The lowest BCUT2D eigenvalue weighted by atomic mass is 9.85. The van der Waals surface area contributed by atoms with Crippen molar-refractivity contribution in [1.82, 2.24) is 10.2 Å². The molecule has 1 aliphatic carbocycles. The van der Waals surface area contributed by atoms with Gasteiger partial charge in [0, 0.05) is 43.6 Å². The van der Waals surface area contributed by atoms with Crippen molar-refractivity contribution in [1.29, 1.82) is 0 Å². The predicted molar refractivity (Wildman–Crippen MR) is 73.3 cm³/mol. The predicted octanol–water partition coefficient (Wildman–Crippen LogP) is 1.73. The second kappa shape index (κ2) is 6.64. The van der Waals surface area contributed by atoms with Gasteiger partial charge in [-0.15, -0.1) is 0 Å². The molecule has 0 aromatic carbocycles. The molecule has 0 bridgehead atoms. The van der Waals surface area contributed by atoms with Crippen molar-refractivity contribution < 1.29 is 4.79 Å². The van der Waals surface area contributed by atoms with E-state index < -0.39 is 0 Å². The number of amides is 1. The number of hydrogen-bond donors (Lipinski definition) is 1. The Bertz CT molecular complexity index is 250. The van der Waals surface area contributed by atoms with E-state index in [-0.39, 0.29) is 0 Å². The van der Waals surface area contributed by atoms with E-state index in [4.69, 9.17) is 0 Å². The molecule has 3 nitrogen and oxygen atoms in total. The average Bonchev–Trinajstić information content (AvgIpc) is 2.29. The molecule has 0 spiro atoms. The summed E-state index contributed by atoms with van der Waals surface area (Å²) >= 11 is 1.96. The van der Waals surface area contributed by atoms with Crippen molar-refractivity contribution >= 4 is 17.7 Å². The van der Waals surface area contributed by atoms with Crippen LogP contribution in [-0.2, 0) is 4.79 Å². The maximum Gasteiger partial charge on any atom is 0.224 e. The van der Waals surface area contributed by atoms with E-state index in [0.29, 0.717) is 18.4 Å². The SMILES string of the molecule is CCN(CC1CCC1)C(=O)CC1CSCCN1. The molecule has 17 heavy (non-hydrogen) atoms. The van der Waals surface area contributed by atoms with Crippen molar-refractivity contribution in [3.8, 4) is 0 Å². The lowest BCUT2D eigenvalue weighted by Crippen LogP contribution is -2.44. The molecule has 1 aliphatic heterocycles. The highest BCUT2D eigenvalue weighted by Crippen LogP contribution is 2.27. The fourth-order valence-corrected chi connectivity index (χ4v) is 3.43. The highest BCUT2D eigenvalue weighted by atomic mass is 32.2. The summed E-state index contributed by atoms with van der Waals surface area (Å²) in [5.41, 5.74) is 0. The van der Waals surface area contributed by atoms with E-state index in [9.17, 15) is 4.79 Å². The molecule has 1 saturated heterocycles. The van der Waals surface area contributed by atoms with Crippen LogP contribution in [0.2, 0.25) is 0 Å². The highest BCUT2D eigenvalue weighted by Gasteiger charge is 2.24. The van der Waals surface area contributed by atoms with Crippen molar-refractivity contribution in [3.05, 3.63) is 0 Å². The van der Waals surface area contributed by atoms with Gasteiger partial charge < -0.3 is 10.2 Å². The van der Waals surface area contributed by atoms with Crippen LogP contribution in [0.3, 0.4) is 0 Å². The fourth-order valence-electron chi connectivity index (χ4n) is 2.49. The average molecular weight is 256 g/mol. The van der Waals surface area contributed by atoms with Gasteiger partial charge in [0.25, 0.3) is 0 Å². The molecule has 1 heterocycles. The molecule has 4 heteroatoms. The molecule has 1 unspecified atom stereocenters. The lowest BCUT2D eigenvalue weighted by molar-refractivity contribution is -0.132. The van der Waals surface area contributed by atoms with Crippen LogP contribution in [-0.4, -0.2) is 48.0 Å². The third-order valence-electron chi connectivity index (χ3n) is 3.86.